The Bertz CT molecular complexity index is 810. The van der Waals surface area contributed by atoms with Gasteiger partial charge < -0.3 is 0 Å². The van der Waals surface area contributed by atoms with Crippen LogP contribution in [0.4, 0.5) is 8.78 Å². The molecule has 0 fully saturated rings. The van der Waals surface area contributed by atoms with E-state index in [1.807, 2.05) is 12.1 Å². The standard InChI is InChI=1S/C14H9F2NO2Se/c15-14(16)19-11-7-3-2-6-10(11)17-13(18)9-5-1-4-8-12(9)20-17/h1-8,14H. The van der Waals surface area contributed by atoms with Crippen molar-refractivity contribution >= 4 is 24.4 Å². The molecule has 2 aromatic carbocycles. The van der Waals surface area contributed by atoms with Crippen molar-refractivity contribution in [2.24, 2.45) is 0 Å². The normalized spacial score (nSPS) is 11.2. The Morgan fingerprint density at radius 1 is 1.05 bits per heavy atom. The number of hydrogen-bond acceptors (Lipinski definition) is 2. The zero-order chi connectivity index (χ0) is 14.1. The van der Waals surface area contributed by atoms with Crippen molar-refractivity contribution < 1.29 is 13.5 Å². The molecule has 3 rings (SSSR count). The van der Waals surface area contributed by atoms with Crippen molar-refractivity contribution in [3.8, 4) is 11.4 Å². The number of aromatic nitrogens is 1. The molecule has 0 bridgehead atoms. The van der Waals surface area contributed by atoms with Crippen molar-refractivity contribution in [3.05, 3.63) is 58.9 Å². The first kappa shape index (κ1) is 13.1. The van der Waals surface area contributed by atoms with Gasteiger partial charge in [0, 0.05) is 0 Å². The second-order valence-electron chi connectivity index (χ2n) is 4.03. The van der Waals surface area contributed by atoms with E-state index in [2.05, 4.69) is 4.74 Å². The zero-order valence-electron chi connectivity index (χ0n) is 10.1. The van der Waals surface area contributed by atoms with Crippen molar-refractivity contribution in [1.82, 2.24) is 3.56 Å². The van der Waals surface area contributed by atoms with Gasteiger partial charge in [0.1, 0.15) is 0 Å². The summed E-state index contributed by atoms with van der Waals surface area (Å²) in [5, 5.41) is 0.624. The first-order valence-electron chi connectivity index (χ1n) is 5.82. The van der Waals surface area contributed by atoms with Gasteiger partial charge in [-0.25, -0.2) is 0 Å². The van der Waals surface area contributed by atoms with Gasteiger partial charge in [-0.05, 0) is 0 Å². The van der Waals surface area contributed by atoms with Gasteiger partial charge in [-0.3, -0.25) is 0 Å². The summed E-state index contributed by atoms with van der Waals surface area (Å²) in [6, 6.07) is 13.6. The monoisotopic (exact) mass is 341 g/mol. The van der Waals surface area contributed by atoms with Crippen LogP contribution in [0, 0.1) is 0 Å². The molecule has 0 aliphatic heterocycles. The fourth-order valence-corrected chi connectivity index (χ4v) is 4.09. The third-order valence-electron chi connectivity index (χ3n) is 2.79. The average Bonchev–Trinajstić information content (AvgIpc) is 2.77. The van der Waals surface area contributed by atoms with E-state index in [1.54, 1.807) is 30.3 Å². The third kappa shape index (κ3) is 2.28. The average molecular weight is 340 g/mol. The number of hydrogen-bond donors (Lipinski definition) is 0. The van der Waals surface area contributed by atoms with Crippen LogP contribution in [0.2, 0.25) is 0 Å². The number of halogens is 2. The Balaban J connectivity index is 2.21. The van der Waals surface area contributed by atoms with Crippen LogP contribution in [0.15, 0.2) is 53.3 Å². The Kier molecular flexibility index (Phi) is 3.42. The van der Waals surface area contributed by atoms with Crippen LogP contribution in [0.25, 0.3) is 15.3 Å². The Morgan fingerprint density at radius 2 is 1.75 bits per heavy atom. The topological polar surface area (TPSA) is 31.2 Å². The van der Waals surface area contributed by atoms with E-state index in [0.717, 1.165) is 4.26 Å². The molecule has 1 aromatic heterocycles. The minimum absolute atomic E-state index is 0.0190. The molecule has 0 radical (unpaired) electrons. The van der Waals surface area contributed by atoms with Crippen LogP contribution < -0.4 is 10.3 Å². The molecule has 0 atom stereocenters. The number of fused-ring (bicyclic) bond motifs is 1. The van der Waals surface area contributed by atoms with Crippen LogP contribution in [-0.2, 0) is 0 Å². The molecule has 0 saturated heterocycles. The van der Waals surface area contributed by atoms with Gasteiger partial charge in [-0.15, -0.1) is 0 Å². The summed E-state index contributed by atoms with van der Waals surface area (Å²) in [4.78, 5) is 12.3. The molecule has 1 heterocycles. The molecule has 102 valence electrons. The van der Waals surface area contributed by atoms with Crippen LogP contribution in [0.5, 0.6) is 5.75 Å². The van der Waals surface area contributed by atoms with E-state index in [9.17, 15) is 13.6 Å². The van der Waals surface area contributed by atoms with Gasteiger partial charge >= 0.3 is 118 Å². The molecule has 0 N–H and O–H groups in total. The van der Waals surface area contributed by atoms with Gasteiger partial charge in [0.2, 0.25) is 0 Å². The van der Waals surface area contributed by atoms with Crippen LogP contribution >= 0.6 is 0 Å². The molecule has 3 nitrogen and oxygen atoms in total. The summed E-state index contributed by atoms with van der Waals surface area (Å²) < 4.78 is 31.8. The zero-order valence-corrected chi connectivity index (χ0v) is 11.8. The predicted molar refractivity (Wildman–Crippen MR) is 73.1 cm³/mol. The second kappa shape index (κ2) is 5.23. The summed E-state index contributed by atoms with van der Waals surface area (Å²) in [6.45, 7) is -2.91. The number of benzene rings is 2. The van der Waals surface area contributed by atoms with E-state index in [-0.39, 0.29) is 26.0 Å². The molecule has 6 heteroatoms. The second-order valence-corrected chi connectivity index (χ2v) is 6.11. The van der Waals surface area contributed by atoms with Crippen molar-refractivity contribution in [1.29, 1.82) is 0 Å². The first-order chi connectivity index (χ1) is 9.66. The van der Waals surface area contributed by atoms with Crippen LogP contribution in [-0.4, -0.2) is 24.9 Å². The number of rotatable bonds is 3. The van der Waals surface area contributed by atoms with E-state index >= 15 is 0 Å². The van der Waals surface area contributed by atoms with E-state index in [4.69, 9.17) is 0 Å². The molecule has 20 heavy (non-hydrogen) atoms. The van der Waals surface area contributed by atoms with Crippen LogP contribution in [0.3, 0.4) is 0 Å². The number of ether oxygens (including phenoxy) is 1. The molecule has 0 amide bonds. The van der Waals surface area contributed by atoms with Gasteiger partial charge in [0.25, 0.3) is 0 Å². The van der Waals surface area contributed by atoms with Crippen molar-refractivity contribution in [3.63, 3.8) is 0 Å². The van der Waals surface area contributed by atoms with Gasteiger partial charge in [0.05, 0.1) is 0 Å². The van der Waals surface area contributed by atoms with Crippen molar-refractivity contribution in [2.75, 3.05) is 0 Å². The fraction of sp³-hybridized carbons (Fsp3) is 0.0714. The molecule has 3 aromatic rings. The van der Waals surface area contributed by atoms with E-state index in [0.29, 0.717) is 11.1 Å². The Hall–Kier alpha value is -1.91. The molecule has 0 saturated carbocycles. The summed E-state index contributed by atoms with van der Waals surface area (Å²) in [5.74, 6) is 0.0190. The maximum absolute atomic E-state index is 12.4. The van der Waals surface area contributed by atoms with Crippen molar-refractivity contribution in [2.45, 2.75) is 6.61 Å². The van der Waals surface area contributed by atoms with E-state index in [1.165, 1.54) is 9.63 Å². The quantitative estimate of drug-likeness (QED) is 0.687. The molecular formula is C14H9F2NO2Se. The summed E-state index contributed by atoms with van der Waals surface area (Å²) in [7, 11) is 0. The number of para-hydroxylation sites is 2. The Labute approximate surface area is 119 Å². The Morgan fingerprint density at radius 3 is 2.50 bits per heavy atom. The van der Waals surface area contributed by atoms with Gasteiger partial charge in [0.15, 0.2) is 0 Å². The molecule has 0 spiro atoms. The fourth-order valence-electron chi connectivity index (χ4n) is 1.95. The molecule has 0 aliphatic carbocycles. The third-order valence-corrected chi connectivity index (χ3v) is 5.09. The number of nitrogens with zero attached hydrogens (tertiary/aromatic N) is 1. The minimum atomic E-state index is -2.91. The molecule has 0 unspecified atom stereocenters. The summed E-state index contributed by atoms with van der Waals surface area (Å²) in [5.41, 5.74) is 0.208. The molecular weight excluding hydrogens is 331 g/mol. The first-order valence-corrected chi connectivity index (χ1v) is 7.44. The summed E-state index contributed by atoms with van der Waals surface area (Å²) >= 11 is -0.269. The predicted octanol–water partition coefficient (Wildman–Crippen LogP) is 2.65. The summed E-state index contributed by atoms with van der Waals surface area (Å²) in [6.07, 6.45) is 0. The van der Waals surface area contributed by atoms with E-state index < -0.39 is 6.61 Å². The number of alkyl halides is 2. The van der Waals surface area contributed by atoms with Crippen LogP contribution in [0.1, 0.15) is 0 Å². The van der Waals surface area contributed by atoms with Gasteiger partial charge in [-0.1, -0.05) is 0 Å². The van der Waals surface area contributed by atoms with Gasteiger partial charge in [-0.2, -0.15) is 0 Å². The maximum atomic E-state index is 12.4. The SMILES string of the molecule is O=c1c2ccccc2[se]n1-c1ccccc1OC(F)F. The molecule has 0 aliphatic rings.